The Labute approximate surface area is 119 Å². The predicted molar refractivity (Wildman–Crippen MR) is 77.2 cm³/mol. The molecule has 1 atom stereocenters. The van der Waals surface area contributed by atoms with Gasteiger partial charge in [-0.15, -0.1) is 0 Å². The summed E-state index contributed by atoms with van der Waals surface area (Å²) in [4.78, 5) is 0. The van der Waals surface area contributed by atoms with E-state index >= 15 is 0 Å². The highest BCUT2D eigenvalue weighted by molar-refractivity contribution is 9.10. The van der Waals surface area contributed by atoms with Crippen molar-refractivity contribution in [2.24, 2.45) is 0 Å². The van der Waals surface area contributed by atoms with Crippen molar-refractivity contribution in [3.63, 3.8) is 0 Å². The maximum atomic E-state index is 13.8. The molecule has 19 heavy (non-hydrogen) atoms. The molecule has 0 bridgehead atoms. The molecular weight excluding hydrogens is 312 g/mol. The van der Waals surface area contributed by atoms with Crippen molar-refractivity contribution in [1.82, 2.24) is 0 Å². The van der Waals surface area contributed by atoms with E-state index in [2.05, 4.69) is 21.2 Å². The van der Waals surface area contributed by atoms with Gasteiger partial charge in [-0.3, -0.25) is 0 Å². The Balaban J connectivity index is 2.29. The molecule has 4 heteroatoms. The smallest absolute Gasteiger partial charge is 0.150 e. The molecule has 0 fully saturated rings. The first-order chi connectivity index (χ1) is 9.11. The van der Waals surface area contributed by atoms with Crippen molar-refractivity contribution in [3.8, 4) is 0 Å². The van der Waals surface area contributed by atoms with Crippen molar-refractivity contribution in [1.29, 1.82) is 0 Å². The van der Waals surface area contributed by atoms with Gasteiger partial charge in [-0.1, -0.05) is 37.3 Å². The third-order valence-corrected chi connectivity index (χ3v) is 3.56. The molecule has 0 radical (unpaired) electrons. The predicted octanol–water partition coefficient (Wildman–Crippen LogP) is 5.29. The lowest BCUT2D eigenvalue weighted by Gasteiger charge is -2.20. The van der Waals surface area contributed by atoms with Gasteiger partial charge in [0, 0.05) is 10.5 Å². The first-order valence-corrected chi connectivity index (χ1v) is 6.87. The van der Waals surface area contributed by atoms with Gasteiger partial charge in [0.2, 0.25) is 0 Å². The third kappa shape index (κ3) is 3.32. The lowest BCUT2D eigenvalue weighted by Crippen LogP contribution is -2.11. The maximum absolute atomic E-state index is 13.8. The highest BCUT2D eigenvalue weighted by Gasteiger charge is 2.15. The lowest BCUT2D eigenvalue weighted by molar-refractivity contribution is 0.581. The molecule has 0 aliphatic carbocycles. The van der Waals surface area contributed by atoms with E-state index < -0.39 is 11.6 Å². The zero-order valence-electron chi connectivity index (χ0n) is 10.5. The van der Waals surface area contributed by atoms with Gasteiger partial charge < -0.3 is 5.32 Å². The quantitative estimate of drug-likeness (QED) is 0.805. The van der Waals surface area contributed by atoms with E-state index in [4.69, 9.17) is 0 Å². The summed E-state index contributed by atoms with van der Waals surface area (Å²) in [5, 5.41) is 3.12. The summed E-state index contributed by atoms with van der Waals surface area (Å²) in [6, 6.07) is 11.9. The zero-order chi connectivity index (χ0) is 13.8. The van der Waals surface area contributed by atoms with Crippen LogP contribution in [0.25, 0.3) is 0 Å². The molecule has 0 amide bonds. The number of nitrogens with one attached hydrogen (secondary N) is 1. The summed E-state index contributed by atoms with van der Waals surface area (Å²) < 4.78 is 27.2. The number of hydrogen-bond acceptors (Lipinski definition) is 1. The Hall–Kier alpha value is -1.42. The summed E-state index contributed by atoms with van der Waals surface area (Å²) in [5.41, 5.74) is 1.36. The Bertz CT molecular complexity index is 534. The SMILES string of the molecule is CCC(Nc1c(F)cc(F)cc1Br)c1ccccc1. The van der Waals surface area contributed by atoms with Crippen LogP contribution in [0.1, 0.15) is 24.9 Å². The summed E-state index contributed by atoms with van der Waals surface area (Å²) in [6.07, 6.45) is 0.799. The second kappa shape index (κ2) is 6.15. The average Bonchev–Trinajstić information content (AvgIpc) is 2.39. The minimum absolute atomic E-state index is 0.0162. The van der Waals surface area contributed by atoms with Crippen LogP contribution in [-0.4, -0.2) is 0 Å². The molecule has 1 N–H and O–H groups in total. The van der Waals surface area contributed by atoms with Crippen molar-refractivity contribution in [2.75, 3.05) is 5.32 Å². The van der Waals surface area contributed by atoms with Gasteiger partial charge in [0.25, 0.3) is 0 Å². The fourth-order valence-corrected chi connectivity index (χ4v) is 2.48. The second-order valence-electron chi connectivity index (χ2n) is 4.26. The minimum atomic E-state index is -0.596. The fourth-order valence-electron chi connectivity index (χ4n) is 1.96. The first kappa shape index (κ1) is 14.0. The van der Waals surface area contributed by atoms with Gasteiger partial charge in [0.05, 0.1) is 11.7 Å². The van der Waals surface area contributed by atoms with E-state index in [0.717, 1.165) is 18.1 Å². The second-order valence-corrected chi connectivity index (χ2v) is 5.11. The number of anilines is 1. The fraction of sp³-hybridized carbons (Fsp3) is 0.200. The van der Waals surface area contributed by atoms with Crippen LogP contribution in [0.3, 0.4) is 0 Å². The maximum Gasteiger partial charge on any atom is 0.150 e. The number of hydrogen-bond donors (Lipinski definition) is 1. The summed E-state index contributed by atoms with van der Waals surface area (Å²) in [7, 11) is 0. The van der Waals surface area contributed by atoms with E-state index in [1.807, 2.05) is 37.3 Å². The largest absolute Gasteiger partial charge is 0.375 e. The number of rotatable bonds is 4. The molecule has 0 aliphatic heterocycles. The number of benzene rings is 2. The highest BCUT2D eigenvalue weighted by atomic mass is 79.9. The van der Waals surface area contributed by atoms with Gasteiger partial charge in [-0.2, -0.15) is 0 Å². The van der Waals surface area contributed by atoms with Crippen LogP contribution in [0, 0.1) is 11.6 Å². The summed E-state index contributed by atoms with van der Waals surface area (Å²) in [5.74, 6) is -1.19. The van der Waals surface area contributed by atoms with Gasteiger partial charge >= 0.3 is 0 Å². The molecule has 1 unspecified atom stereocenters. The van der Waals surface area contributed by atoms with Crippen molar-refractivity contribution < 1.29 is 8.78 Å². The molecule has 0 spiro atoms. The Morgan fingerprint density at radius 3 is 2.42 bits per heavy atom. The summed E-state index contributed by atoms with van der Waals surface area (Å²) >= 11 is 3.19. The van der Waals surface area contributed by atoms with Crippen molar-refractivity contribution in [3.05, 3.63) is 64.1 Å². The van der Waals surface area contributed by atoms with Crippen LogP contribution in [0.2, 0.25) is 0 Å². The molecule has 0 saturated heterocycles. The summed E-state index contributed by atoms with van der Waals surface area (Å²) in [6.45, 7) is 2.01. The average molecular weight is 326 g/mol. The Morgan fingerprint density at radius 2 is 1.84 bits per heavy atom. The Morgan fingerprint density at radius 1 is 1.16 bits per heavy atom. The molecule has 0 saturated carbocycles. The zero-order valence-corrected chi connectivity index (χ0v) is 12.0. The van der Waals surface area contributed by atoms with Crippen molar-refractivity contribution >= 4 is 21.6 Å². The lowest BCUT2D eigenvalue weighted by atomic mass is 10.0. The van der Waals surface area contributed by atoms with E-state index in [0.29, 0.717) is 4.47 Å². The van der Waals surface area contributed by atoms with Gasteiger partial charge in [0.15, 0.2) is 0 Å². The van der Waals surface area contributed by atoms with Gasteiger partial charge in [0.1, 0.15) is 11.6 Å². The molecule has 100 valence electrons. The highest BCUT2D eigenvalue weighted by Crippen LogP contribution is 2.31. The Kier molecular flexibility index (Phi) is 4.53. The van der Waals surface area contributed by atoms with Crippen LogP contribution in [-0.2, 0) is 0 Å². The van der Waals surface area contributed by atoms with E-state index in [-0.39, 0.29) is 11.7 Å². The van der Waals surface area contributed by atoms with E-state index in [1.54, 1.807) is 0 Å². The third-order valence-electron chi connectivity index (χ3n) is 2.94. The molecule has 1 nitrogen and oxygen atoms in total. The van der Waals surface area contributed by atoms with E-state index in [1.165, 1.54) is 6.07 Å². The molecule has 0 heterocycles. The van der Waals surface area contributed by atoms with Crippen LogP contribution < -0.4 is 5.32 Å². The minimum Gasteiger partial charge on any atom is -0.375 e. The van der Waals surface area contributed by atoms with Crippen LogP contribution in [0.15, 0.2) is 46.9 Å². The molecular formula is C15H14BrF2N. The molecule has 2 aromatic carbocycles. The normalized spacial score (nSPS) is 12.2. The monoisotopic (exact) mass is 325 g/mol. The molecule has 2 rings (SSSR count). The van der Waals surface area contributed by atoms with Gasteiger partial charge in [-0.25, -0.2) is 8.78 Å². The standard InChI is InChI=1S/C15H14BrF2N/c1-2-14(10-6-4-3-5-7-10)19-15-12(16)8-11(17)9-13(15)18/h3-9,14,19H,2H2,1H3. The number of halogens is 3. The molecule has 0 aliphatic rings. The van der Waals surface area contributed by atoms with Crippen LogP contribution in [0.4, 0.5) is 14.5 Å². The van der Waals surface area contributed by atoms with Crippen LogP contribution >= 0.6 is 15.9 Å². The van der Waals surface area contributed by atoms with Gasteiger partial charge in [-0.05, 0) is 34.0 Å². The molecule has 0 aromatic heterocycles. The molecule has 2 aromatic rings. The van der Waals surface area contributed by atoms with Crippen LogP contribution in [0.5, 0.6) is 0 Å². The first-order valence-electron chi connectivity index (χ1n) is 6.08. The topological polar surface area (TPSA) is 12.0 Å². The van der Waals surface area contributed by atoms with Crippen molar-refractivity contribution in [2.45, 2.75) is 19.4 Å². The van der Waals surface area contributed by atoms with E-state index in [9.17, 15) is 8.78 Å².